The number of fused-ring (bicyclic) bond motifs is 2. The second kappa shape index (κ2) is 9.09. The molecule has 0 bridgehead atoms. The molecule has 2 heterocycles. The predicted octanol–water partition coefficient (Wildman–Crippen LogP) is 2.83. The van der Waals surface area contributed by atoms with E-state index in [1.807, 2.05) is 23.0 Å². The van der Waals surface area contributed by atoms with E-state index in [4.69, 9.17) is 0 Å². The van der Waals surface area contributed by atoms with Crippen LogP contribution < -0.4 is 15.8 Å². The highest BCUT2D eigenvalue weighted by molar-refractivity contribution is 7.86. The highest BCUT2D eigenvalue weighted by atomic mass is 32.2. The molecular weight excluding hydrogens is 510 g/mol. The second-order valence-electron chi connectivity index (χ2n) is 6.67. The predicted molar refractivity (Wildman–Crippen MR) is 127 cm³/mol. The van der Waals surface area contributed by atoms with Gasteiger partial charge in [0.25, 0.3) is 20.2 Å². The lowest BCUT2D eigenvalue weighted by Gasteiger charge is -2.01. The molecule has 0 saturated heterocycles. The number of aromatic nitrogens is 2. The van der Waals surface area contributed by atoms with Gasteiger partial charge in [-0.05, 0) is 50.2 Å². The summed E-state index contributed by atoms with van der Waals surface area (Å²) in [6.45, 7) is 4.98. The molecule has 0 fully saturated rings. The molecule has 0 radical (unpaired) electrons. The van der Waals surface area contributed by atoms with Gasteiger partial charge in [-0.25, -0.2) is 0 Å². The monoisotopic (exact) mass is 531 g/mol. The Kier molecular flexibility index (Phi) is 6.95. The van der Waals surface area contributed by atoms with Gasteiger partial charge in [0.05, 0.1) is 30.2 Å². The van der Waals surface area contributed by atoms with Crippen molar-refractivity contribution in [3.63, 3.8) is 0 Å². The zero-order valence-corrected chi connectivity index (χ0v) is 20.8. The Morgan fingerprint density at radius 3 is 1.42 bits per heavy atom. The summed E-state index contributed by atoms with van der Waals surface area (Å²) >= 11 is 2.47. The number of thiazole rings is 2. The van der Waals surface area contributed by atoms with Crippen molar-refractivity contribution in [1.29, 1.82) is 0 Å². The molecule has 11 nitrogen and oxygen atoms in total. The number of aryl methyl sites for hydroxylation is 2. The SMILES string of the molecule is CCn1/c(=N/N=c2\sc3cc(S(=O)(=O)O)ccc3n2CC)sc2cc(S(=O)(=O)O)ccc21.N. The highest BCUT2D eigenvalue weighted by Gasteiger charge is 2.14. The highest BCUT2D eigenvalue weighted by Crippen LogP contribution is 2.23. The Bertz CT molecular complexity index is 1580. The van der Waals surface area contributed by atoms with Gasteiger partial charge >= 0.3 is 0 Å². The van der Waals surface area contributed by atoms with Crippen LogP contribution in [-0.2, 0) is 33.3 Å². The van der Waals surface area contributed by atoms with Crippen molar-refractivity contribution in [2.45, 2.75) is 36.7 Å². The Hall–Kier alpha value is -2.40. The van der Waals surface area contributed by atoms with E-state index in [0.717, 1.165) is 11.0 Å². The average Bonchev–Trinajstić information content (AvgIpc) is 3.26. The van der Waals surface area contributed by atoms with E-state index in [2.05, 4.69) is 10.2 Å². The van der Waals surface area contributed by atoms with Crippen molar-refractivity contribution in [2.24, 2.45) is 10.2 Å². The van der Waals surface area contributed by atoms with Crippen LogP contribution in [0.25, 0.3) is 20.4 Å². The summed E-state index contributed by atoms with van der Waals surface area (Å²) in [4.78, 5) is 0.685. The molecule has 0 spiro atoms. The largest absolute Gasteiger partial charge is 0.344 e. The molecule has 178 valence electrons. The number of hydrogen-bond donors (Lipinski definition) is 3. The lowest BCUT2D eigenvalue weighted by atomic mass is 10.3. The van der Waals surface area contributed by atoms with Crippen LogP contribution in [0.15, 0.2) is 56.4 Å². The van der Waals surface area contributed by atoms with Crippen LogP contribution in [0.3, 0.4) is 0 Å². The van der Waals surface area contributed by atoms with Crippen molar-refractivity contribution in [1.82, 2.24) is 15.3 Å². The lowest BCUT2D eigenvalue weighted by molar-refractivity contribution is 0.481. The molecule has 4 rings (SSSR count). The number of benzene rings is 2. The van der Waals surface area contributed by atoms with Crippen LogP contribution >= 0.6 is 22.7 Å². The van der Waals surface area contributed by atoms with Crippen LogP contribution in [0.5, 0.6) is 0 Å². The van der Waals surface area contributed by atoms with Gasteiger partial charge in [0.15, 0.2) is 0 Å². The second-order valence-corrected chi connectivity index (χ2v) is 11.5. The Morgan fingerprint density at radius 2 is 1.12 bits per heavy atom. The van der Waals surface area contributed by atoms with Gasteiger partial charge in [-0.1, -0.05) is 22.7 Å². The summed E-state index contributed by atoms with van der Waals surface area (Å²) in [5.41, 5.74) is 1.52. The van der Waals surface area contributed by atoms with Crippen LogP contribution in [-0.4, -0.2) is 35.1 Å². The third-order valence-electron chi connectivity index (χ3n) is 4.76. The van der Waals surface area contributed by atoms with Gasteiger partial charge in [-0.2, -0.15) is 16.8 Å². The van der Waals surface area contributed by atoms with E-state index in [9.17, 15) is 25.9 Å². The molecular formula is C18H21N5O6S4. The Morgan fingerprint density at radius 1 is 0.758 bits per heavy atom. The van der Waals surface area contributed by atoms with Gasteiger partial charge in [0.2, 0.25) is 9.60 Å². The summed E-state index contributed by atoms with van der Waals surface area (Å²) in [6.07, 6.45) is 0. The topological polar surface area (TPSA) is 178 Å². The number of rotatable bonds is 5. The van der Waals surface area contributed by atoms with E-state index in [1.165, 1.54) is 46.9 Å². The smallest absolute Gasteiger partial charge is 0.294 e. The molecule has 0 amide bonds. The van der Waals surface area contributed by atoms with Crippen molar-refractivity contribution < 1.29 is 25.9 Å². The molecule has 4 aromatic rings. The van der Waals surface area contributed by atoms with E-state index in [0.29, 0.717) is 32.1 Å². The fourth-order valence-electron chi connectivity index (χ4n) is 3.28. The average molecular weight is 532 g/mol. The molecule has 0 aliphatic heterocycles. The van der Waals surface area contributed by atoms with Gasteiger partial charge < -0.3 is 15.3 Å². The van der Waals surface area contributed by atoms with Crippen molar-refractivity contribution >= 4 is 63.3 Å². The minimum atomic E-state index is -4.32. The Labute approximate surface area is 197 Å². The summed E-state index contributed by atoms with van der Waals surface area (Å²) in [5.74, 6) is 0. The molecule has 0 atom stereocenters. The van der Waals surface area contributed by atoms with Crippen molar-refractivity contribution in [3.05, 3.63) is 46.0 Å². The van der Waals surface area contributed by atoms with Gasteiger partial charge in [0.1, 0.15) is 0 Å². The summed E-state index contributed by atoms with van der Waals surface area (Å²) in [6, 6.07) is 8.68. The molecule has 33 heavy (non-hydrogen) atoms. The fraction of sp³-hybridized carbons (Fsp3) is 0.222. The van der Waals surface area contributed by atoms with Crippen molar-refractivity contribution in [3.8, 4) is 0 Å². The molecule has 0 saturated carbocycles. The lowest BCUT2D eigenvalue weighted by Crippen LogP contribution is -2.16. The maximum Gasteiger partial charge on any atom is 0.294 e. The standard InChI is InChI=1S/C18H18N4O6S4.H3N/c1-3-21-13-7-5-11(31(23,24)25)9-15(13)29-17(21)19-20-18-22(4-2)14-8-6-12(32(26,27)28)10-16(14)30-18;/h5-10H,3-4H2,1-2H3,(H,23,24,25)(H,26,27,28);1H3/b19-17-,20-18-;. The summed E-state index contributed by atoms with van der Waals surface area (Å²) in [5, 5.41) is 8.74. The van der Waals surface area contributed by atoms with Crippen LogP contribution in [0.4, 0.5) is 0 Å². The minimum absolute atomic E-state index is 0. The molecule has 0 aliphatic carbocycles. The quantitative estimate of drug-likeness (QED) is 0.262. The molecule has 2 aromatic heterocycles. The first-order chi connectivity index (χ1) is 15.0. The zero-order chi connectivity index (χ0) is 23.3. The van der Waals surface area contributed by atoms with Crippen molar-refractivity contribution in [2.75, 3.05) is 0 Å². The number of hydrogen-bond acceptors (Lipinski definition) is 9. The van der Waals surface area contributed by atoms with Crippen LogP contribution in [0.2, 0.25) is 0 Å². The minimum Gasteiger partial charge on any atom is -0.344 e. The summed E-state index contributed by atoms with van der Waals surface area (Å²) < 4.78 is 69.4. The number of nitrogens with zero attached hydrogens (tertiary/aromatic N) is 4. The zero-order valence-electron chi connectivity index (χ0n) is 17.5. The molecule has 0 aliphatic rings. The van der Waals surface area contributed by atoms with Gasteiger partial charge in [0, 0.05) is 13.1 Å². The molecule has 2 aromatic carbocycles. The normalized spacial score (nSPS) is 13.7. The van der Waals surface area contributed by atoms with Crippen LogP contribution in [0.1, 0.15) is 13.8 Å². The maximum atomic E-state index is 11.4. The molecule has 15 heteroatoms. The fourth-order valence-corrected chi connectivity index (χ4v) is 6.61. The van der Waals surface area contributed by atoms with Gasteiger partial charge in [-0.15, -0.1) is 10.2 Å². The first-order valence-corrected chi connectivity index (χ1v) is 13.8. The van der Waals surface area contributed by atoms with Gasteiger partial charge in [-0.3, -0.25) is 9.11 Å². The first kappa shape index (κ1) is 25.2. The van der Waals surface area contributed by atoms with E-state index < -0.39 is 20.2 Å². The van der Waals surface area contributed by atoms with E-state index in [1.54, 1.807) is 12.1 Å². The third kappa shape index (κ3) is 4.79. The van der Waals surface area contributed by atoms with E-state index in [-0.39, 0.29) is 15.9 Å². The third-order valence-corrected chi connectivity index (χ3v) is 8.52. The summed E-state index contributed by atoms with van der Waals surface area (Å²) in [7, 11) is -8.63. The first-order valence-electron chi connectivity index (χ1n) is 9.32. The maximum absolute atomic E-state index is 11.4. The molecule has 5 N–H and O–H groups in total. The Balaban J connectivity index is 0.00000306. The van der Waals surface area contributed by atoms with E-state index >= 15 is 0 Å². The molecule has 0 unspecified atom stereocenters. The van der Waals surface area contributed by atoms with Crippen LogP contribution in [0, 0.1) is 0 Å².